The van der Waals surface area contributed by atoms with Crippen LogP contribution < -0.4 is 0 Å². The van der Waals surface area contributed by atoms with E-state index in [4.69, 9.17) is 19.9 Å². The van der Waals surface area contributed by atoms with Gasteiger partial charge >= 0.3 is 0 Å². The van der Waals surface area contributed by atoms with Gasteiger partial charge in [-0.1, -0.05) is 459 Å². The minimum Gasteiger partial charge on any atom is -0.228 e. The molecular weight excluding hydrogens is 1800 g/mol. The molecule has 0 radical (unpaired) electrons. The van der Waals surface area contributed by atoms with Crippen molar-refractivity contribution >= 4 is 79.6 Å². The Balaban J connectivity index is 0.000000163. The number of aromatic nitrogens is 4. The van der Waals surface area contributed by atoms with Gasteiger partial charge in [0.15, 0.2) is 11.6 Å². The van der Waals surface area contributed by atoms with E-state index in [1.807, 2.05) is 97.1 Å². The molecule has 2 aromatic heterocycles. The minimum absolute atomic E-state index is 0.00259. The van der Waals surface area contributed by atoms with Crippen LogP contribution in [0.3, 0.4) is 0 Å². The van der Waals surface area contributed by atoms with E-state index in [2.05, 4.69) is 344 Å². The topological polar surface area (TPSA) is 51.6 Å². The monoisotopic (exact) mass is 1900 g/mol. The largest absolute Gasteiger partial charge is 0.228 e. The van der Waals surface area contributed by atoms with Gasteiger partial charge in [0.2, 0.25) is 0 Å². The number of hydrogen-bond acceptors (Lipinski definition) is 4. The molecule has 9 heteroatoms. The van der Waals surface area contributed by atoms with Gasteiger partial charge in [0.25, 0.3) is 0 Å². The SMILES string of the molecule is Brc1ccc(-c2cc(-c3ccc(Br)cc3)nc(-c3ccccc3)n2)cc1.Brc1ccccc1.CCCCCCC1(CCCCCC)c2cc(-c3ccccc3)ccc2-c2ccc(-c3ccc(-c4cc(-c5ccc(-c6ccccc6)cc5)nc(-c5ccccc5)n4)cc3)cc21.CCCCCCC1(CCCCCC)c2cc(Br)ccc2-c2ccc(Br)cc21. The van der Waals surface area contributed by atoms with Crippen molar-refractivity contribution in [1.29, 1.82) is 0 Å². The van der Waals surface area contributed by atoms with Crippen LogP contribution in [0.4, 0.5) is 0 Å². The second-order valence-electron chi connectivity index (χ2n) is 32.2. The zero-order valence-corrected chi connectivity index (χ0v) is 78.0. The van der Waals surface area contributed by atoms with Crippen LogP contribution in [0.1, 0.15) is 178 Å². The highest BCUT2D eigenvalue weighted by atomic mass is 79.9. The zero-order chi connectivity index (χ0) is 83.8. The van der Waals surface area contributed by atoms with Crippen molar-refractivity contribution in [2.75, 3.05) is 0 Å². The van der Waals surface area contributed by atoms with Crippen molar-refractivity contribution < 1.29 is 0 Å². The molecule has 2 aliphatic rings. The van der Waals surface area contributed by atoms with Crippen molar-refractivity contribution in [1.82, 2.24) is 19.9 Å². The summed E-state index contributed by atoms with van der Waals surface area (Å²) in [4.78, 5) is 19.9. The molecule has 13 aromatic carbocycles. The Kier molecular flexibility index (Phi) is 31.5. The van der Waals surface area contributed by atoms with Crippen LogP contribution in [0.2, 0.25) is 0 Å². The summed E-state index contributed by atoms with van der Waals surface area (Å²) in [5, 5.41) is 0. The summed E-state index contributed by atoms with van der Waals surface area (Å²) in [5.74, 6) is 1.45. The molecule has 0 saturated carbocycles. The summed E-state index contributed by atoms with van der Waals surface area (Å²) < 4.78 is 5.65. The van der Waals surface area contributed by atoms with E-state index < -0.39 is 0 Å². The van der Waals surface area contributed by atoms with E-state index in [0.29, 0.717) is 0 Å². The van der Waals surface area contributed by atoms with Gasteiger partial charge in [-0.2, -0.15) is 0 Å². The fourth-order valence-electron chi connectivity index (χ4n) is 17.5. The van der Waals surface area contributed by atoms with Gasteiger partial charge in [0.1, 0.15) is 0 Å². The molecule has 2 aliphatic carbocycles. The third kappa shape index (κ3) is 22.1. The number of benzene rings is 13. The highest BCUT2D eigenvalue weighted by Gasteiger charge is 2.44. The lowest BCUT2D eigenvalue weighted by Crippen LogP contribution is -2.25. The Labute approximate surface area is 761 Å². The number of fused-ring (bicyclic) bond motifs is 6. The molecule has 17 rings (SSSR count). The highest BCUT2D eigenvalue weighted by Crippen LogP contribution is 2.58. The molecule has 610 valence electrons. The molecule has 15 aromatic rings. The van der Waals surface area contributed by atoms with Gasteiger partial charge < -0.3 is 0 Å². The van der Waals surface area contributed by atoms with Gasteiger partial charge in [-0.15, -0.1) is 0 Å². The van der Waals surface area contributed by atoms with E-state index in [1.54, 1.807) is 11.1 Å². The van der Waals surface area contributed by atoms with Crippen LogP contribution in [-0.4, -0.2) is 19.9 Å². The molecule has 0 aliphatic heterocycles. The maximum atomic E-state index is 5.16. The van der Waals surface area contributed by atoms with Gasteiger partial charge in [0.05, 0.1) is 22.8 Å². The number of nitrogens with zero attached hydrogens (tertiary/aromatic N) is 4. The quantitative estimate of drug-likeness (QED) is 0.0439. The number of halogens is 5. The smallest absolute Gasteiger partial charge is 0.160 e. The molecule has 2 heterocycles. The highest BCUT2D eigenvalue weighted by molar-refractivity contribution is 9.11. The molecule has 0 fully saturated rings. The van der Waals surface area contributed by atoms with Crippen LogP contribution in [0.15, 0.2) is 356 Å². The Bertz CT molecular complexity index is 5670. The Hall–Kier alpha value is -9.58. The lowest BCUT2D eigenvalue weighted by molar-refractivity contribution is 0.400. The Morgan fingerprint density at radius 2 is 0.413 bits per heavy atom. The molecule has 0 saturated heterocycles. The van der Waals surface area contributed by atoms with Crippen LogP contribution in [-0.2, 0) is 10.8 Å². The first-order chi connectivity index (χ1) is 59.3. The first-order valence-corrected chi connectivity index (χ1v) is 47.6. The number of unbranched alkanes of at least 4 members (excludes halogenated alkanes) is 12. The van der Waals surface area contributed by atoms with Crippen molar-refractivity contribution in [3.8, 4) is 123 Å². The molecule has 121 heavy (non-hydrogen) atoms. The lowest BCUT2D eigenvalue weighted by atomic mass is 9.70. The summed E-state index contributed by atoms with van der Waals surface area (Å²) >= 11 is 17.8. The molecule has 0 spiro atoms. The fourth-order valence-corrected chi connectivity index (χ4v) is 19.1. The predicted molar refractivity (Wildman–Crippen MR) is 532 cm³/mol. The average molecular weight is 1910 g/mol. The van der Waals surface area contributed by atoms with Crippen molar-refractivity contribution in [3.05, 3.63) is 378 Å². The lowest BCUT2D eigenvalue weighted by Gasteiger charge is -2.33. The van der Waals surface area contributed by atoms with Gasteiger partial charge in [-0.25, -0.2) is 19.9 Å². The second kappa shape index (κ2) is 43.5. The second-order valence-corrected chi connectivity index (χ2v) is 36.7. The maximum absolute atomic E-state index is 5.16. The van der Waals surface area contributed by atoms with Gasteiger partial charge in [0, 0.05) is 66.6 Å². The summed E-state index contributed by atoms with van der Waals surface area (Å²) in [7, 11) is 0. The third-order valence-corrected chi connectivity index (χ3v) is 26.5. The maximum Gasteiger partial charge on any atom is 0.160 e. The number of rotatable bonds is 29. The third-order valence-electron chi connectivity index (χ3n) is 23.9. The molecule has 0 unspecified atom stereocenters. The van der Waals surface area contributed by atoms with Gasteiger partial charge in [-0.3, -0.25) is 0 Å². The van der Waals surface area contributed by atoms with E-state index in [1.165, 1.54) is 204 Å². The van der Waals surface area contributed by atoms with Crippen LogP contribution in [0.25, 0.3) is 123 Å². The van der Waals surface area contributed by atoms with E-state index in [0.717, 1.165) is 81.2 Å². The van der Waals surface area contributed by atoms with Crippen LogP contribution >= 0.6 is 79.6 Å². The molecule has 0 atom stereocenters. The normalized spacial score (nSPS) is 12.3. The average Bonchev–Trinajstić information content (AvgIpc) is 1.56. The van der Waals surface area contributed by atoms with E-state index >= 15 is 0 Å². The molecule has 4 nitrogen and oxygen atoms in total. The van der Waals surface area contributed by atoms with E-state index in [-0.39, 0.29) is 10.8 Å². The first kappa shape index (κ1) is 87.8. The zero-order valence-electron chi connectivity index (χ0n) is 70.1. The summed E-state index contributed by atoms with van der Waals surface area (Å²) in [6.45, 7) is 9.24. The van der Waals surface area contributed by atoms with Crippen LogP contribution in [0.5, 0.6) is 0 Å². The van der Waals surface area contributed by atoms with Crippen molar-refractivity contribution in [3.63, 3.8) is 0 Å². The Morgan fingerprint density at radius 1 is 0.190 bits per heavy atom. The van der Waals surface area contributed by atoms with Gasteiger partial charge in [-0.05, 0) is 189 Å². The standard InChI is InChI=1S/C59H56N2.C25H32Br2.C22H14Br2N2.C6H5Br/c1-3-5-7-18-38-59(39-19-8-6-4-2)54-40-50(44-22-14-10-15-23-44)34-36-52(54)53-37-35-51(41-55(53)59)46-28-32-48(33-29-46)57-42-56(60-58(61-57)49-24-16-11-17-25-49)47-30-26-45(27-31-47)43-20-12-9-13-21-43;1-3-5-7-9-15-25(16-10-8-6-4-2)23-17-19(26)11-13-21(23)22-14-12-20(27)18-24(22)25;23-18-10-6-15(7-11-18)20-14-21(16-8-12-19(24)13-9-16)26-22(25-20)17-4-2-1-3-5-17;7-6-4-2-1-3-5-6/h9-17,20-37,40-42H,3-8,18-19,38-39H2,1-2H3;11-14,17-18H,3-10,15-16H2,1-2H3;1-14H;1-5H. The van der Waals surface area contributed by atoms with Crippen LogP contribution in [0, 0.1) is 0 Å². The predicted octanol–water partition coefficient (Wildman–Crippen LogP) is 35.6. The summed E-state index contributed by atoms with van der Waals surface area (Å²) in [6.07, 6.45) is 25.7. The molecule has 0 bridgehead atoms. The minimum atomic E-state index is -0.00259. The molecule has 0 N–H and O–H groups in total. The first-order valence-electron chi connectivity index (χ1n) is 43.7. The summed E-state index contributed by atoms with van der Waals surface area (Å²) in [5.41, 5.74) is 29.5. The summed E-state index contributed by atoms with van der Waals surface area (Å²) in [6, 6.07) is 119. The Morgan fingerprint density at radius 3 is 0.711 bits per heavy atom. The molecule has 0 amide bonds. The molecular formula is C112H107Br5N4. The fraction of sp³-hybridized carbons (Fsp3) is 0.232. The van der Waals surface area contributed by atoms with Crippen molar-refractivity contribution in [2.45, 2.75) is 167 Å². The van der Waals surface area contributed by atoms with E-state index in [9.17, 15) is 0 Å². The number of hydrogen-bond donors (Lipinski definition) is 0. The van der Waals surface area contributed by atoms with Crippen molar-refractivity contribution in [2.24, 2.45) is 0 Å².